The van der Waals surface area contributed by atoms with Gasteiger partial charge in [-0.2, -0.15) is 0 Å². The Morgan fingerprint density at radius 1 is 0.938 bits per heavy atom. The second-order valence-corrected chi connectivity index (χ2v) is 4.96. The summed E-state index contributed by atoms with van der Waals surface area (Å²) in [6.07, 6.45) is 2.19. The fourth-order valence-electron chi connectivity index (χ4n) is 2.03. The highest BCUT2D eigenvalue weighted by molar-refractivity contribution is 8.02. The predicted molar refractivity (Wildman–Crippen MR) is 71.5 cm³/mol. The Labute approximate surface area is 100 Å². The third kappa shape index (κ3) is 1.57. The lowest BCUT2D eigenvalue weighted by atomic mass is 9.98. The zero-order valence-corrected chi connectivity index (χ0v) is 9.92. The van der Waals surface area contributed by atoms with E-state index in [2.05, 4.69) is 60.9 Å². The predicted octanol–water partition coefficient (Wildman–Crippen LogP) is 4.74. The Bertz CT molecular complexity index is 567. The van der Waals surface area contributed by atoms with E-state index in [-0.39, 0.29) is 0 Å². The Kier molecular flexibility index (Phi) is 2.33. The Hall–Kier alpha value is -1.47. The molecule has 0 nitrogen and oxygen atoms in total. The van der Waals surface area contributed by atoms with Gasteiger partial charge in [0.25, 0.3) is 0 Å². The number of thioether (sulfide) groups is 1. The van der Waals surface area contributed by atoms with Gasteiger partial charge in [0.2, 0.25) is 0 Å². The quantitative estimate of drug-likeness (QED) is 0.623. The molecule has 1 heterocycles. The van der Waals surface area contributed by atoms with Gasteiger partial charge in [-0.1, -0.05) is 53.7 Å². The van der Waals surface area contributed by atoms with Crippen LogP contribution >= 0.6 is 11.8 Å². The molecule has 0 N–H and O–H groups in total. The number of hydrogen-bond donors (Lipinski definition) is 0. The van der Waals surface area contributed by atoms with Crippen LogP contribution in [-0.2, 0) is 0 Å². The highest BCUT2D eigenvalue weighted by atomic mass is 32.2. The Morgan fingerprint density at radius 2 is 1.81 bits per heavy atom. The molecule has 78 valence electrons. The summed E-state index contributed by atoms with van der Waals surface area (Å²) in [6, 6.07) is 15.2. The number of fused-ring (bicyclic) bond motifs is 3. The minimum atomic E-state index is 1.30. The standard InChI is InChI=1S/C15H12S/c1-11-6-7-15-14(10-11)13-5-3-2-4-12(13)8-9-16-15/h2-10H,1H3. The number of aryl methyl sites for hydroxylation is 1. The molecule has 16 heavy (non-hydrogen) atoms. The summed E-state index contributed by atoms with van der Waals surface area (Å²) in [5, 5.41) is 2.17. The maximum absolute atomic E-state index is 2.27. The molecule has 2 aromatic carbocycles. The molecule has 0 saturated carbocycles. The van der Waals surface area contributed by atoms with E-state index in [9.17, 15) is 0 Å². The molecule has 0 aliphatic carbocycles. The maximum atomic E-state index is 2.27. The first-order valence-corrected chi connectivity index (χ1v) is 6.26. The topological polar surface area (TPSA) is 0 Å². The van der Waals surface area contributed by atoms with Gasteiger partial charge in [0, 0.05) is 4.90 Å². The molecule has 0 spiro atoms. The third-order valence-corrected chi connectivity index (χ3v) is 3.71. The summed E-state index contributed by atoms with van der Waals surface area (Å²) in [5.41, 5.74) is 5.31. The first kappa shape index (κ1) is 9.73. The van der Waals surface area contributed by atoms with Crippen molar-refractivity contribution in [2.75, 3.05) is 0 Å². The van der Waals surface area contributed by atoms with E-state index in [1.807, 2.05) is 0 Å². The largest absolute Gasteiger partial charge is 0.0974 e. The van der Waals surface area contributed by atoms with Crippen molar-refractivity contribution in [2.24, 2.45) is 0 Å². The van der Waals surface area contributed by atoms with Crippen LogP contribution in [0.2, 0.25) is 0 Å². The smallest absolute Gasteiger partial charge is 0.0195 e. The SMILES string of the molecule is Cc1ccc2c(c1)-c1ccccc1C=CS2. The third-order valence-electron chi connectivity index (χ3n) is 2.83. The molecule has 0 saturated heterocycles. The van der Waals surface area contributed by atoms with Crippen LogP contribution in [0.25, 0.3) is 17.2 Å². The molecular weight excluding hydrogens is 212 g/mol. The van der Waals surface area contributed by atoms with E-state index in [1.165, 1.54) is 27.1 Å². The summed E-state index contributed by atoms with van der Waals surface area (Å²) in [4.78, 5) is 1.34. The van der Waals surface area contributed by atoms with Crippen molar-refractivity contribution < 1.29 is 0 Å². The van der Waals surface area contributed by atoms with Crippen LogP contribution in [0.15, 0.2) is 52.8 Å². The van der Waals surface area contributed by atoms with Crippen LogP contribution in [0, 0.1) is 6.92 Å². The van der Waals surface area contributed by atoms with E-state index < -0.39 is 0 Å². The van der Waals surface area contributed by atoms with Gasteiger partial charge in [-0.3, -0.25) is 0 Å². The van der Waals surface area contributed by atoms with Crippen molar-refractivity contribution in [1.29, 1.82) is 0 Å². The summed E-state index contributed by atoms with van der Waals surface area (Å²) in [5.74, 6) is 0. The molecule has 0 aromatic heterocycles. The van der Waals surface area contributed by atoms with Crippen LogP contribution in [0.4, 0.5) is 0 Å². The van der Waals surface area contributed by atoms with Gasteiger partial charge >= 0.3 is 0 Å². The zero-order chi connectivity index (χ0) is 11.0. The van der Waals surface area contributed by atoms with Crippen LogP contribution < -0.4 is 0 Å². The monoisotopic (exact) mass is 224 g/mol. The molecule has 0 radical (unpaired) electrons. The van der Waals surface area contributed by atoms with Crippen LogP contribution in [0.1, 0.15) is 11.1 Å². The van der Waals surface area contributed by atoms with Gasteiger partial charge in [0.05, 0.1) is 0 Å². The molecule has 0 bridgehead atoms. The van der Waals surface area contributed by atoms with Crippen molar-refractivity contribution in [1.82, 2.24) is 0 Å². The van der Waals surface area contributed by atoms with Gasteiger partial charge < -0.3 is 0 Å². The lowest BCUT2D eigenvalue weighted by molar-refractivity contribution is 1.37. The Morgan fingerprint density at radius 3 is 2.75 bits per heavy atom. The van der Waals surface area contributed by atoms with Crippen molar-refractivity contribution in [3.8, 4) is 11.1 Å². The van der Waals surface area contributed by atoms with Crippen molar-refractivity contribution in [2.45, 2.75) is 11.8 Å². The molecule has 1 aliphatic heterocycles. The van der Waals surface area contributed by atoms with E-state index in [0.717, 1.165) is 0 Å². The highest BCUT2D eigenvalue weighted by Gasteiger charge is 2.10. The van der Waals surface area contributed by atoms with Crippen LogP contribution in [0.3, 0.4) is 0 Å². The minimum absolute atomic E-state index is 1.30. The van der Waals surface area contributed by atoms with Gasteiger partial charge in [-0.05, 0) is 41.2 Å². The highest BCUT2D eigenvalue weighted by Crippen LogP contribution is 2.38. The molecule has 1 heteroatoms. The van der Waals surface area contributed by atoms with Crippen molar-refractivity contribution >= 4 is 17.8 Å². The average molecular weight is 224 g/mol. The first-order valence-electron chi connectivity index (χ1n) is 5.38. The summed E-state index contributed by atoms with van der Waals surface area (Å²) < 4.78 is 0. The van der Waals surface area contributed by atoms with E-state index in [0.29, 0.717) is 0 Å². The molecule has 0 amide bonds. The van der Waals surface area contributed by atoms with E-state index in [1.54, 1.807) is 11.8 Å². The molecule has 0 fully saturated rings. The summed E-state index contributed by atoms with van der Waals surface area (Å²) in [6.45, 7) is 2.14. The lowest BCUT2D eigenvalue weighted by Gasteiger charge is -2.09. The van der Waals surface area contributed by atoms with E-state index in [4.69, 9.17) is 0 Å². The van der Waals surface area contributed by atoms with E-state index >= 15 is 0 Å². The lowest BCUT2D eigenvalue weighted by Crippen LogP contribution is -1.85. The summed E-state index contributed by atoms with van der Waals surface area (Å²) >= 11 is 1.79. The second kappa shape index (κ2) is 3.84. The number of rotatable bonds is 0. The van der Waals surface area contributed by atoms with Crippen LogP contribution in [0.5, 0.6) is 0 Å². The average Bonchev–Trinajstić information content (AvgIpc) is 2.48. The molecule has 1 aliphatic rings. The second-order valence-electron chi connectivity index (χ2n) is 4.01. The van der Waals surface area contributed by atoms with Crippen molar-refractivity contribution in [3.05, 3.63) is 59.0 Å². The van der Waals surface area contributed by atoms with Gasteiger partial charge in [0.1, 0.15) is 0 Å². The molecular formula is C15H12S. The number of hydrogen-bond acceptors (Lipinski definition) is 1. The number of benzene rings is 2. The fourth-order valence-corrected chi connectivity index (χ4v) is 2.83. The van der Waals surface area contributed by atoms with Crippen LogP contribution in [-0.4, -0.2) is 0 Å². The fraction of sp³-hybridized carbons (Fsp3) is 0.0667. The molecule has 3 rings (SSSR count). The first-order chi connectivity index (χ1) is 7.84. The van der Waals surface area contributed by atoms with Crippen molar-refractivity contribution in [3.63, 3.8) is 0 Å². The van der Waals surface area contributed by atoms with Gasteiger partial charge in [-0.15, -0.1) is 0 Å². The molecule has 0 atom stereocenters. The summed E-state index contributed by atoms with van der Waals surface area (Å²) in [7, 11) is 0. The zero-order valence-electron chi connectivity index (χ0n) is 9.10. The molecule has 2 aromatic rings. The minimum Gasteiger partial charge on any atom is -0.0974 e. The van der Waals surface area contributed by atoms with Gasteiger partial charge in [-0.25, -0.2) is 0 Å². The Balaban J connectivity index is 2.32. The van der Waals surface area contributed by atoms with Gasteiger partial charge in [0.15, 0.2) is 0 Å². The molecule has 0 unspecified atom stereocenters. The maximum Gasteiger partial charge on any atom is 0.0195 e. The normalized spacial score (nSPS) is 12.8.